The number of rotatable bonds is 5. The highest BCUT2D eigenvalue weighted by Gasteiger charge is 2.20. The number of aromatic hydroxyl groups is 1. The first-order valence-corrected chi connectivity index (χ1v) is 8.14. The molecule has 7 nitrogen and oxygen atoms in total. The second-order valence-electron chi connectivity index (χ2n) is 5.82. The second kappa shape index (κ2) is 7.65. The van der Waals surface area contributed by atoms with Crippen LogP contribution < -0.4 is 15.4 Å². The van der Waals surface area contributed by atoms with E-state index in [9.17, 15) is 14.7 Å². The quantitative estimate of drug-likeness (QED) is 0.519. The third-order valence-electron chi connectivity index (χ3n) is 4.12. The summed E-state index contributed by atoms with van der Waals surface area (Å²) in [5.74, 6) is -0.156. The van der Waals surface area contributed by atoms with Crippen molar-refractivity contribution in [3.63, 3.8) is 0 Å². The van der Waals surface area contributed by atoms with E-state index in [1.807, 2.05) is 0 Å². The Balaban J connectivity index is 1.92. The van der Waals surface area contributed by atoms with Crippen molar-refractivity contribution in [3.8, 4) is 11.5 Å². The third-order valence-corrected chi connectivity index (χ3v) is 4.12. The zero-order valence-corrected chi connectivity index (χ0v) is 14.5. The number of phenolic OH excluding ortho intramolecular Hbond substituents is 1. The monoisotopic (exact) mass is 366 g/mol. The van der Waals surface area contributed by atoms with E-state index in [2.05, 4.69) is 10.6 Å². The first kappa shape index (κ1) is 18.1. The number of fused-ring (bicyclic) bond motifs is 1. The fourth-order valence-electron chi connectivity index (χ4n) is 2.78. The zero-order valence-electron chi connectivity index (χ0n) is 14.5. The van der Waals surface area contributed by atoms with Gasteiger partial charge in [-0.05, 0) is 35.2 Å². The molecule has 3 aromatic rings. The highest BCUT2D eigenvalue weighted by atomic mass is 16.5. The molecule has 0 radical (unpaired) electrons. The minimum atomic E-state index is -1.28. The summed E-state index contributed by atoms with van der Waals surface area (Å²) in [5, 5.41) is 25.6. The summed E-state index contributed by atoms with van der Waals surface area (Å²) in [4.78, 5) is 23.7. The molecule has 0 saturated heterocycles. The second-order valence-corrected chi connectivity index (χ2v) is 5.82. The van der Waals surface area contributed by atoms with Crippen molar-refractivity contribution in [2.45, 2.75) is 6.17 Å². The van der Waals surface area contributed by atoms with Crippen LogP contribution >= 0.6 is 0 Å². The highest BCUT2D eigenvalue weighted by Crippen LogP contribution is 2.31. The largest absolute Gasteiger partial charge is 0.506 e. The zero-order chi connectivity index (χ0) is 19.4. The fourth-order valence-corrected chi connectivity index (χ4v) is 2.78. The molecule has 0 spiro atoms. The molecule has 0 aliphatic carbocycles. The Morgan fingerprint density at radius 2 is 1.74 bits per heavy atom. The number of phenols is 1. The first-order chi connectivity index (χ1) is 13.0. The minimum Gasteiger partial charge on any atom is -0.506 e. The number of benzene rings is 3. The van der Waals surface area contributed by atoms with Crippen LogP contribution in [0.4, 0.5) is 4.79 Å². The Morgan fingerprint density at radius 3 is 2.41 bits per heavy atom. The van der Waals surface area contributed by atoms with Crippen LogP contribution in [0.3, 0.4) is 0 Å². The molecule has 1 atom stereocenters. The Labute approximate surface area is 155 Å². The molecule has 0 heterocycles. The van der Waals surface area contributed by atoms with E-state index in [1.54, 1.807) is 61.7 Å². The predicted octanol–water partition coefficient (Wildman–Crippen LogP) is 3.25. The van der Waals surface area contributed by atoms with Gasteiger partial charge in [-0.3, -0.25) is 10.1 Å². The van der Waals surface area contributed by atoms with Crippen LogP contribution in [-0.2, 0) is 0 Å². The molecule has 0 saturated carbocycles. The molecule has 27 heavy (non-hydrogen) atoms. The van der Waals surface area contributed by atoms with Gasteiger partial charge < -0.3 is 20.3 Å². The van der Waals surface area contributed by atoms with Crippen LogP contribution in [0.2, 0.25) is 0 Å². The van der Waals surface area contributed by atoms with Gasteiger partial charge in [0.1, 0.15) is 17.7 Å². The molecule has 0 aliphatic rings. The van der Waals surface area contributed by atoms with Gasteiger partial charge in [0.05, 0.1) is 12.7 Å². The number of carbonyl (C=O) groups excluding carboxylic acids is 1. The smallest absolute Gasteiger partial charge is 0.406 e. The van der Waals surface area contributed by atoms with Crippen LogP contribution in [-0.4, -0.2) is 29.3 Å². The van der Waals surface area contributed by atoms with Crippen molar-refractivity contribution in [1.82, 2.24) is 10.6 Å². The third kappa shape index (κ3) is 3.92. The number of ether oxygens (including phenoxy) is 1. The molecular formula is C20H18N2O5. The van der Waals surface area contributed by atoms with Crippen molar-refractivity contribution >= 4 is 22.8 Å². The number of nitrogens with one attached hydrogen (secondary N) is 2. The number of hydrogen-bond acceptors (Lipinski definition) is 4. The average molecular weight is 366 g/mol. The summed E-state index contributed by atoms with van der Waals surface area (Å²) in [6.07, 6.45) is -2.24. The van der Waals surface area contributed by atoms with Crippen LogP contribution in [0.15, 0.2) is 60.7 Å². The molecule has 0 aromatic heterocycles. The van der Waals surface area contributed by atoms with E-state index in [1.165, 1.54) is 6.07 Å². The lowest BCUT2D eigenvalue weighted by Gasteiger charge is -2.19. The molecule has 1 unspecified atom stereocenters. The summed E-state index contributed by atoms with van der Waals surface area (Å²) in [5.41, 5.74) is 0.610. The van der Waals surface area contributed by atoms with Gasteiger partial charge in [-0.2, -0.15) is 0 Å². The van der Waals surface area contributed by atoms with E-state index in [-0.39, 0.29) is 11.3 Å². The van der Waals surface area contributed by atoms with E-state index >= 15 is 0 Å². The summed E-state index contributed by atoms with van der Waals surface area (Å²) < 4.78 is 5.15. The van der Waals surface area contributed by atoms with Crippen molar-refractivity contribution in [2.75, 3.05) is 7.11 Å². The lowest BCUT2D eigenvalue weighted by atomic mass is 10.0. The molecular weight excluding hydrogens is 348 g/mol. The van der Waals surface area contributed by atoms with Gasteiger partial charge in [0.25, 0.3) is 5.91 Å². The van der Waals surface area contributed by atoms with Gasteiger partial charge in [-0.1, -0.05) is 36.4 Å². The maximum atomic E-state index is 12.7. The van der Waals surface area contributed by atoms with Gasteiger partial charge in [-0.15, -0.1) is 0 Å². The summed E-state index contributed by atoms with van der Waals surface area (Å²) in [6.45, 7) is 0. The van der Waals surface area contributed by atoms with Crippen molar-refractivity contribution in [3.05, 3.63) is 71.8 Å². The fraction of sp³-hybridized carbons (Fsp3) is 0.100. The molecule has 0 bridgehead atoms. The topological polar surface area (TPSA) is 108 Å². The predicted molar refractivity (Wildman–Crippen MR) is 100.0 cm³/mol. The van der Waals surface area contributed by atoms with Crippen LogP contribution in [0, 0.1) is 0 Å². The van der Waals surface area contributed by atoms with Crippen LogP contribution in [0.5, 0.6) is 11.5 Å². The molecule has 0 aliphatic heterocycles. The number of carboxylic acid groups (broad SMARTS) is 1. The summed E-state index contributed by atoms with van der Waals surface area (Å²) in [7, 11) is 1.54. The van der Waals surface area contributed by atoms with Gasteiger partial charge in [0, 0.05) is 5.39 Å². The van der Waals surface area contributed by atoms with Gasteiger partial charge >= 0.3 is 6.09 Å². The summed E-state index contributed by atoms with van der Waals surface area (Å²) in [6, 6.07) is 16.9. The molecule has 138 valence electrons. The number of methoxy groups -OCH3 is 1. The molecule has 3 rings (SSSR count). The average Bonchev–Trinajstić information content (AvgIpc) is 2.67. The maximum Gasteiger partial charge on any atom is 0.406 e. The van der Waals surface area contributed by atoms with Crippen LogP contribution in [0.25, 0.3) is 10.8 Å². The Morgan fingerprint density at radius 1 is 1.00 bits per heavy atom. The van der Waals surface area contributed by atoms with Gasteiger partial charge in [0.15, 0.2) is 0 Å². The standard InChI is InChI=1S/C20H18N2O5/c1-27-14-8-10-15-13(11-14)7-9-16(17(15)23)19(24)21-18(22-20(25)26)12-5-3-2-4-6-12/h2-11,18,22-23H,1H3,(H,21,24)(H,25,26). The normalized spacial score (nSPS) is 11.6. The SMILES string of the molecule is COc1ccc2c(O)c(C(=O)NC(NC(=O)O)c3ccccc3)ccc2c1. The highest BCUT2D eigenvalue weighted by molar-refractivity contribution is 6.04. The van der Waals surface area contributed by atoms with Crippen LogP contribution in [0.1, 0.15) is 22.1 Å². The van der Waals surface area contributed by atoms with Crippen molar-refractivity contribution < 1.29 is 24.5 Å². The number of hydrogen-bond donors (Lipinski definition) is 4. The number of carbonyl (C=O) groups is 2. The molecule has 0 fully saturated rings. The van der Waals surface area contributed by atoms with E-state index in [4.69, 9.17) is 9.84 Å². The lowest BCUT2D eigenvalue weighted by Crippen LogP contribution is -2.40. The Kier molecular flexibility index (Phi) is 5.12. The molecule has 4 N–H and O–H groups in total. The molecule has 2 amide bonds. The molecule has 7 heteroatoms. The van der Waals surface area contributed by atoms with E-state index in [0.29, 0.717) is 22.1 Å². The summed E-state index contributed by atoms with van der Waals surface area (Å²) >= 11 is 0. The van der Waals surface area contributed by atoms with Crippen molar-refractivity contribution in [1.29, 1.82) is 0 Å². The van der Waals surface area contributed by atoms with Gasteiger partial charge in [0.2, 0.25) is 0 Å². The van der Waals surface area contributed by atoms with E-state index < -0.39 is 18.2 Å². The number of amides is 2. The first-order valence-electron chi connectivity index (χ1n) is 8.14. The molecule has 3 aromatic carbocycles. The van der Waals surface area contributed by atoms with E-state index in [0.717, 1.165) is 0 Å². The van der Waals surface area contributed by atoms with Crippen molar-refractivity contribution in [2.24, 2.45) is 0 Å². The Hall–Kier alpha value is -3.74. The Bertz CT molecular complexity index is 988. The van der Waals surface area contributed by atoms with Gasteiger partial charge in [-0.25, -0.2) is 4.79 Å². The minimum absolute atomic E-state index is 0.0424. The lowest BCUT2D eigenvalue weighted by molar-refractivity contribution is 0.0926. The maximum absolute atomic E-state index is 12.7.